The van der Waals surface area contributed by atoms with Crippen molar-refractivity contribution in [2.75, 3.05) is 0 Å². The molecule has 0 radical (unpaired) electrons. The Morgan fingerprint density at radius 2 is 1.93 bits per heavy atom. The molecule has 0 saturated carbocycles. The van der Waals surface area contributed by atoms with Gasteiger partial charge in [-0.3, -0.25) is 0 Å². The standard InChI is InChI=1S/C11H14BNO2/c1-7(2)11-9(6-13)8(3)4-5-10(11)12(14)15/h4-5,7,14-15H,1-3H3. The monoisotopic (exact) mass is 203 g/mol. The molecule has 15 heavy (non-hydrogen) atoms. The summed E-state index contributed by atoms with van der Waals surface area (Å²) in [6.07, 6.45) is 0. The van der Waals surface area contributed by atoms with Gasteiger partial charge < -0.3 is 10.0 Å². The first-order valence-electron chi connectivity index (χ1n) is 4.88. The second-order valence-electron chi connectivity index (χ2n) is 3.90. The lowest BCUT2D eigenvalue weighted by molar-refractivity contribution is 0.425. The van der Waals surface area contributed by atoms with Crippen LogP contribution in [0, 0.1) is 18.3 Å². The van der Waals surface area contributed by atoms with E-state index in [4.69, 9.17) is 5.26 Å². The average molecular weight is 203 g/mol. The molecule has 1 aromatic carbocycles. The van der Waals surface area contributed by atoms with Crippen LogP contribution in [0.4, 0.5) is 0 Å². The molecular formula is C11H14BNO2. The van der Waals surface area contributed by atoms with Crippen molar-refractivity contribution in [3.63, 3.8) is 0 Å². The van der Waals surface area contributed by atoms with Gasteiger partial charge in [-0.25, -0.2) is 0 Å². The van der Waals surface area contributed by atoms with E-state index in [-0.39, 0.29) is 5.92 Å². The highest BCUT2D eigenvalue weighted by Gasteiger charge is 2.21. The third kappa shape index (κ3) is 2.20. The quantitative estimate of drug-likeness (QED) is 0.694. The molecule has 4 heteroatoms. The molecule has 0 heterocycles. The summed E-state index contributed by atoms with van der Waals surface area (Å²) in [4.78, 5) is 0. The van der Waals surface area contributed by atoms with Crippen LogP contribution < -0.4 is 5.46 Å². The van der Waals surface area contributed by atoms with Crippen LogP contribution in [0.15, 0.2) is 12.1 Å². The number of benzene rings is 1. The van der Waals surface area contributed by atoms with Crippen LogP contribution in [0.5, 0.6) is 0 Å². The van der Waals surface area contributed by atoms with Crippen molar-refractivity contribution in [1.29, 1.82) is 5.26 Å². The van der Waals surface area contributed by atoms with Crippen molar-refractivity contribution in [1.82, 2.24) is 0 Å². The fourth-order valence-corrected chi connectivity index (χ4v) is 1.74. The minimum Gasteiger partial charge on any atom is -0.423 e. The SMILES string of the molecule is Cc1ccc(B(O)O)c(C(C)C)c1C#N. The lowest BCUT2D eigenvalue weighted by Crippen LogP contribution is -2.34. The topological polar surface area (TPSA) is 64.2 Å². The molecule has 3 nitrogen and oxygen atoms in total. The zero-order valence-electron chi connectivity index (χ0n) is 9.15. The van der Waals surface area contributed by atoms with Crippen LogP contribution in [-0.4, -0.2) is 17.2 Å². The van der Waals surface area contributed by atoms with E-state index in [0.29, 0.717) is 11.0 Å². The third-order valence-electron chi connectivity index (χ3n) is 2.45. The molecule has 78 valence electrons. The molecule has 0 saturated heterocycles. The van der Waals surface area contributed by atoms with Crippen LogP contribution >= 0.6 is 0 Å². The number of hydrogen-bond donors (Lipinski definition) is 2. The molecule has 1 aromatic rings. The summed E-state index contributed by atoms with van der Waals surface area (Å²) >= 11 is 0. The van der Waals surface area contributed by atoms with E-state index in [1.54, 1.807) is 12.1 Å². The number of nitriles is 1. The Balaban J connectivity index is 3.51. The maximum atomic E-state index is 9.21. The van der Waals surface area contributed by atoms with Crippen molar-refractivity contribution in [3.05, 3.63) is 28.8 Å². The van der Waals surface area contributed by atoms with Crippen molar-refractivity contribution in [2.24, 2.45) is 0 Å². The highest BCUT2D eigenvalue weighted by atomic mass is 16.4. The molecule has 0 aliphatic carbocycles. The molecule has 0 aliphatic rings. The Hall–Kier alpha value is -1.31. The first-order valence-corrected chi connectivity index (χ1v) is 4.88. The van der Waals surface area contributed by atoms with Gasteiger partial charge in [-0.2, -0.15) is 5.26 Å². The summed E-state index contributed by atoms with van der Waals surface area (Å²) in [5, 5.41) is 27.5. The van der Waals surface area contributed by atoms with Crippen LogP contribution in [0.25, 0.3) is 0 Å². The number of nitrogens with zero attached hydrogens (tertiary/aromatic N) is 1. The first kappa shape index (κ1) is 11.8. The number of rotatable bonds is 2. The van der Waals surface area contributed by atoms with Gasteiger partial charge in [0.2, 0.25) is 0 Å². The molecule has 0 aliphatic heterocycles. The van der Waals surface area contributed by atoms with E-state index < -0.39 is 7.12 Å². The van der Waals surface area contributed by atoms with Gasteiger partial charge in [-0.1, -0.05) is 26.0 Å². The number of aryl methyl sites for hydroxylation is 1. The van der Waals surface area contributed by atoms with E-state index in [0.717, 1.165) is 11.1 Å². The molecule has 0 unspecified atom stereocenters. The van der Waals surface area contributed by atoms with Crippen molar-refractivity contribution in [3.8, 4) is 6.07 Å². The first-order chi connectivity index (χ1) is 6.99. The highest BCUT2D eigenvalue weighted by molar-refractivity contribution is 6.59. The zero-order valence-corrected chi connectivity index (χ0v) is 9.15. The third-order valence-corrected chi connectivity index (χ3v) is 2.45. The highest BCUT2D eigenvalue weighted by Crippen LogP contribution is 2.20. The minimum absolute atomic E-state index is 0.0938. The summed E-state index contributed by atoms with van der Waals surface area (Å²) in [7, 11) is -1.52. The maximum Gasteiger partial charge on any atom is 0.488 e. The van der Waals surface area contributed by atoms with Gasteiger partial charge in [0, 0.05) is 0 Å². The molecular weight excluding hydrogens is 189 g/mol. The lowest BCUT2D eigenvalue weighted by atomic mass is 9.72. The second-order valence-corrected chi connectivity index (χ2v) is 3.90. The van der Waals surface area contributed by atoms with Gasteiger partial charge in [0.15, 0.2) is 0 Å². The van der Waals surface area contributed by atoms with Crippen LogP contribution in [0.2, 0.25) is 0 Å². The second kappa shape index (κ2) is 4.48. The predicted octanol–water partition coefficient (Wildman–Crippen LogP) is 0.670. The van der Waals surface area contributed by atoms with E-state index in [1.807, 2.05) is 20.8 Å². The van der Waals surface area contributed by atoms with E-state index in [9.17, 15) is 10.0 Å². The van der Waals surface area contributed by atoms with Crippen molar-refractivity contribution in [2.45, 2.75) is 26.7 Å². The molecule has 0 amide bonds. The molecule has 0 aromatic heterocycles. The van der Waals surface area contributed by atoms with E-state index >= 15 is 0 Å². The fraction of sp³-hybridized carbons (Fsp3) is 0.364. The zero-order chi connectivity index (χ0) is 11.6. The van der Waals surface area contributed by atoms with E-state index in [1.165, 1.54) is 0 Å². The Morgan fingerprint density at radius 1 is 1.33 bits per heavy atom. The van der Waals surface area contributed by atoms with E-state index in [2.05, 4.69) is 6.07 Å². The van der Waals surface area contributed by atoms with Gasteiger partial charge in [-0.05, 0) is 29.4 Å². The Morgan fingerprint density at radius 3 is 2.33 bits per heavy atom. The average Bonchev–Trinajstić information content (AvgIpc) is 2.16. The largest absolute Gasteiger partial charge is 0.488 e. The summed E-state index contributed by atoms with van der Waals surface area (Å²) in [5.74, 6) is 0.0938. The fourth-order valence-electron chi connectivity index (χ4n) is 1.74. The normalized spacial score (nSPS) is 10.2. The lowest BCUT2D eigenvalue weighted by Gasteiger charge is -2.15. The predicted molar refractivity (Wildman–Crippen MR) is 59.8 cm³/mol. The Bertz CT molecular complexity index is 408. The summed E-state index contributed by atoms with van der Waals surface area (Å²) in [6, 6.07) is 5.52. The number of hydrogen-bond acceptors (Lipinski definition) is 3. The maximum absolute atomic E-state index is 9.21. The van der Waals surface area contributed by atoms with Gasteiger partial charge in [0.05, 0.1) is 11.6 Å². The van der Waals surface area contributed by atoms with Gasteiger partial charge in [-0.15, -0.1) is 0 Å². The molecule has 0 spiro atoms. The van der Waals surface area contributed by atoms with Gasteiger partial charge in [0.25, 0.3) is 0 Å². The summed E-state index contributed by atoms with van der Waals surface area (Å²) < 4.78 is 0. The summed E-state index contributed by atoms with van der Waals surface area (Å²) in [5.41, 5.74) is 2.57. The van der Waals surface area contributed by atoms with Gasteiger partial charge in [0.1, 0.15) is 0 Å². The minimum atomic E-state index is -1.52. The smallest absolute Gasteiger partial charge is 0.423 e. The molecule has 1 rings (SSSR count). The Kier molecular flexibility index (Phi) is 3.51. The molecule has 2 N–H and O–H groups in total. The van der Waals surface area contributed by atoms with Crippen LogP contribution in [-0.2, 0) is 0 Å². The van der Waals surface area contributed by atoms with Gasteiger partial charge >= 0.3 is 7.12 Å². The summed E-state index contributed by atoms with van der Waals surface area (Å²) in [6.45, 7) is 5.71. The molecule has 0 fully saturated rings. The molecule has 0 atom stereocenters. The van der Waals surface area contributed by atoms with Crippen LogP contribution in [0.3, 0.4) is 0 Å². The Labute approximate surface area is 90.1 Å². The van der Waals surface area contributed by atoms with Crippen LogP contribution in [0.1, 0.15) is 36.5 Å². The molecule has 0 bridgehead atoms. The van der Waals surface area contributed by atoms with Crippen molar-refractivity contribution >= 4 is 12.6 Å². The van der Waals surface area contributed by atoms with Crippen molar-refractivity contribution < 1.29 is 10.0 Å².